The van der Waals surface area contributed by atoms with Gasteiger partial charge < -0.3 is 5.32 Å². The Bertz CT molecular complexity index is 758. The second-order valence-electron chi connectivity index (χ2n) is 6.06. The first-order chi connectivity index (χ1) is 11.3. The van der Waals surface area contributed by atoms with Crippen molar-refractivity contribution in [1.82, 2.24) is 24.3 Å². The Labute approximate surface area is 139 Å². The Morgan fingerprint density at radius 3 is 2.96 bits per heavy atom. The minimum Gasteiger partial charge on any atom is -0.367 e. The predicted molar refractivity (Wildman–Crippen MR) is 91.8 cm³/mol. The third-order valence-electron chi connectivity index (χ3n) is 4.27. The van der Waals surface area contributed by atoms with Crippen LogP contribution in [0, 0.1) is 6.92 Å². The molecule has 4 rings (SSSR count). The fourth-order valence-electron chi connectivity index (χ4n) is 3.06. The van der Waals surface area contributed by atoms with Crippen LogP contribution in [0.4, 0.5) is 5.82 Å². The number of hydrogen-bond acceptors (Lipinski definition) is 6. The fraction of sp³-hybridized carbons (Fsp3) is 0.438. The highest BCUT2D eigenvalue weighted by atomic mass is 32.1. The van der Waals surface area contributed by atoms with Crippen LogP contribution >= 0.6 is 11.3 Å². The maximum Gasteiger partial charge on any atom is 0.193 e. The maximum absolute atomic E-state index is 4.67. The highest BCUT2D eigenvalue weighted by Crippen LogP contribution is 2.18. The molecule has 7 heteroatoms. The van der Waals surface area contributed by atoms with E-state index >= 15 is 0 Å². The predicted octanol–water partition coefficient (Wildman–Crippen LogP) is 2.57. The average molecular weight is 328 g/mol. The van der Waals surface area contributed by atoms with Crippen molar-refractivity contribution < 1.29 is 0 Å². The lowest BCUT2D eigenvalue weighted by atomic mass is 10.0. The first kappa shape index (κ1) is 14.6. The molecule has 0 spiro atoms. The topological polar surface area (TPSA) is 58.4 Å². The number of hydrogen-bond donors (Lipinski definition) is 1. The van der Waals surface area contributed by atoms with Gasteiger partial charge in [-0.3, -0.25) is 9.30 Å². The quantitative estimate of drug-likeness (QED) is 0.798. The van der Waals surface area contributed by atoms with Crippen molar-refractivity contribution in [2.24, 2.45) is 0 Å². The van der Waals surface area contributed by atoms with Crippen LogP contribution < -0.4 is 5.32 Å². The molecule has 1 saturated heterocycles. The lowest BCUT2D eigenvalue weighted by molar-refractivity contribution is 0.209. The SMILES string of the molecule is Cc1cc(NC2CCN(Cc3cn4ccsc4n3)CC2)ncn1. The minimum absolute atomic E-state index is 0.492. The summed E-state index contributed by atoms with van der Waals surface area (Å²) in [6, 6.07) is 2.50. The monoisotopic (exact) mass is 328 g/mol. The molecule has 0 radical (unpaired) electrons. The summed E-state index contributed by atoms with van der Waals surface area (Å²) in [5, 5.41) is 5.60. The van der Waals surface area contributed by atoms with Crippen LogP contribution in [0.2, 0.25) is 0 Å². The van der Waals surface area contributed by atoms with Crippen molar-refractivity contribution >= 4 is 22.1 Å². The van der Waals surface area contributed by atoms with E-state index in [2.05, 4.69) is 47.3 Å². The Hall–Kier alpha value is -1.99. The summed E-state index contributed by atoms with van der Waals surface area (Å²) in [7, 11) is 0. The summed E-state index contributed by atoms with van der Waals surface area (Å²) in [5.74, 6) is 0.935. The number of thiazole rings is 1. The van der Waals surface area contributed by atoms with Crippen molar-refractivity contribution in [3.63, 3.8) is 0 Å². The molecule has 0 unspecified atom stereocenters. The van der Waals surface area contributed by atoms with Crippen molar-refractivity contribution in [2.75, 3.05) is 18.4 Å². The number of likely N-dealkylation sites (tertiary alicyclic amines) is 1. The molecule has 1 aliphatic heterocycles. The van der Waals surface area contributed by atoms with Gasteiger partial charge in [0.15, 0.2) is 4.96 Å². The number of piperidine rings is 1. The van der Waals surface area contributed by atoms with Gasteiger partial charge in [-0.05, 0) is 19.8 Å². The molecule has 23 heavy (non-hydrogen) atoms. The highest BCUT2D eigenvalue weighted by molar-refractivity contribution is 7.15. The van der Waals surface area contributed by atoms with Crippen molar-refractivity contribution in [1.29, 1.82) is 0 Å². The molecular weight excluding hydrogens is 308 g/mol. The molecule has 0 aliphatic carbocycles. The van der Waals surface area contributed by atoms with Gasteiger partial charge in [0.1, 0.15) is 12.1 Å². The van der Waals surface area contributed by atoms with Crippen molar-refractivity contribution in [3.8, 4) is 0 Å². The molecule has 6 nitrogen and oxygen atoms in total. The van der Waals surface area contributed by atoms with Crippen LogP contribution in [-0.4, -0.2) is 43.4 Å². The van der Waals surface area contributed by atoms with E-state index in [0.29, 0.717) is 6.04 Å². The standard InChI is InChI=1S/C16H20N6S/c1-12-8-15(18-11-17-12)19-13-2-4-21(5-3-13)9-14-10-22-6-7-23-16(22)20-14/h6-8,10-11,13H,2-5,9H2,1H3,(H,17,18,19). The van der Waals surface area contributed by atoms with Gasteiger partial charge in [-0.2, -0.15) is 0 Å². The molecule has 3 aromatic heterocycles. The van der Waals surface area contributed by atoms with Crippen LogP contribution in [0.1, 0.15) is 24.2 Å². The van der Waals surface area contributed by atoms with Crippen LogP contribution in [0.5, 0.6) is 0 Å². The number of fused-ring (bicyclic) bond motifs is 1. The fourth-order valence-corrected chi connectivity index (χ4v) is 3.78. The first-order valence-electron chi connectivity index (χ1n) is 7.95. The zero-order valence-electron chi connectivity index (χ0n) is 13.1. The number of anilines is 1. The number of rotatable bonds is 4. The Balaban J connectivity index is 1.31. The van der Waals surface area contributed by atoms with Gasteiger partial charge in [-0.25, -0.2) is 15.0 Å². The summed E-state index contributed by atoms with van der Waals surface area (Å²) in [6.07, 6.45) is 8.09. The number of aryl methyl sites for hydroxylation is 1. The summed E-state index contributed by atoms with van der Waals surface area (Å²) >= 11 is 1.68. The van der Waals surface area contributed by atoms with Gasteiger partial charge in [0, 0.05) is 55.2 Å². The van der Waals surface area contributed by atoms with Crippen LogP contribution in [0.15, 0.2) is 30.2 Å². The molecular formula is C16H20N6S. The van der Waals surface area contributed by atoms with Gasteiger partial charge in [0.2, 0.25) is 0 Å². The molecule has 1 aliphatic rings. The summed E-state index contributed by atoms with van der Waals surface area (Å²) in [4.78, 5) is 16.7. The van der Waals surface area contributed by atoms with E-state index in [4.69, 9.17) is 0 Å². The lowest BCUT2D eigenvalue weighted by Crippen LogP contribution is -2.38. The average Bonchev–Trinajstić information content (AvgIpc) is 3.10. The van der Waals surface area contributed by atoms with Crippen molar-refractivity contribution in [2.45, 2.75) is 32.4 Å². The Morgan fingerprint density at radius 2 is 2.17 bits per heavy atom. The number of aromatic nitrogens is 4. The van der Waals surface area contributed by atoms with Gasteiger partial charge in [-0.1, -0.05) is 0 Å². The third kappa shape index (κ3) is 3.35. The number of imidazole rings is 1. The molecule has 3 aromatic rings. The van der Waals surface area contributed by atoms with Gasteiger partial charge in [0.25, 0.3) is 0 Å². The normalized spacial score (nSPS) is 16.9. The van der Waals surface area contributed by atoms with Crippen LogP contribution in [0.25, 0.3) is 4.96 Å². The zero-order chi connectivity index (χ0) is 15.6. The van der Waals surface area contributed by atoms with Gasteiger partial charge in [-0.15, -0.1) is 11.3 Å². The van der Waals surface area contributed by atoms with E-state index in [-0.39, 0.29) is 0 Å². The number of nitrogens with zero attached hydrogens (tertiary/aromatic N) is 5. The molecule has 0 bridgehead atoms. The highest BCUT2D eigenvalue weighted by Gasteiger charge is 2.20. The molecule has 0 saturated carbocycles. The molecule has 1 N–H and O–H groups in total. The number of nitrogens with one attached hydrogen (secondary N) is 1. The second kappa shape index (κ2) is 6.25. The van der Waals surface area contributed by atoms with E-state index in [0.717, 1.165) is 54.6 Å². The zero-order valence-corrected chi connectivity index (χ0v) is 14.0. The van der Waals surface area contributed by atoms with Crippen molar-refractivity contribution in [3.05, 3.63) is 41.6 Å². The van der Waals surface area contributed by atoms with Crippen LogP contribution in [0.3, 0.4) is 0 Å². The summed E-state index contributed by atoms with van der Waals surface area (Å²) < 4.78 is 2.10. The van der Waals surface area contributed by atoms with E-state index in [9.17, 15) is 0 Å². The van der Waals surface area contributed by atoms with E-state index in [1.54, 1.807) is 17.7 Å². The molecule has 0 atom stereocenters. The van der Waals surface area contributed by atoms with E-state index in [1.807, 2.05) is 13.0 Å². The summed E-state index contributed by atoms with van der Waals surface area (Å²) in [6.45, 7) is 5.11. The molecule has 0 aromatic carbocycles. The van der Waals surface area contributed by atoms with Crippen LogP contribution in [-0.2, 0) is 6.54 Å². The maximum atomic E-state index is 4.67. The van der Waals surface area contributed by atoms with Gasteiger partial charge >= 0.3 is 0 Å². The lowest BCUT2D eigenvalue weighted by Gasteiger charge is -2.32. The summed E-state index contributed by atoms with van der Waals surface area (Å²) in [5.41, 5.74) is 2.16. The molecule has 4 heterocycles. The third-order valence-corrected chi connectivity index (χ3v) is 5.04. The van der Waals surface area contributed by atoms with E-state index in [1.165, 1.54) is 0 Å². The minimum atomic E-state index is 0.492. The smallest absolute Gasteiger partial charge is 0.193 e. The first-order valence-corrected chi connectivity index (χ1v) is 8.83. The van der Waals surface area contributed by atoms with Gasteiger partial charge in [0.05, 0.1) is 5.69 Å². The molecule has 1 fully saturated rings. The largest absolute Gasteiger partial charge is 0.367 e. The second-order valence-corrected chi connectivity index (χ2v) is 6.94. The molecule has 0 amide bonds. The Kier molecular flexibility index (Phi) is 3.97. The van der Waals surface area contributed by atoms with E-state index < -0.39 is 0 Å². The Morgan fingerprint density at radius 1 is 1.30 bits per heavy atom. The molecule has 120 valence electrons.